The summed E-state index contributed by atoms with van der Waals surface area (Å²) in [4.78, 5) is 41.0. The SMILES string of the molecule is COc1cc2ncc(-c3nc(N[C@@H]4CCCN(C(=O)OC(C)(C)C)C4)ncc3F)n2nc1N1CCCC1=O. The Balaban J connectivity index is 1.41. The Morgan fingerprint density at radius 2 is 2.00 bits per heavy atom. The molecular weight excluding hydrogens is 495 g/mol. The number of rotatable bonds is 5. The fourth-order valence-electron chi connectivity index (χ4n) is 4.65. The molecule has 2 aliphatic rings. The van der Waals surface area contributed by atoms with Gasteiger partial charge in [0.05, 0.1) is 19.5 Å². The monoisotopic (exact) mass is 526 g/mol. The molecule has 202 valence electrons. The second-order valence-corrected chi connectivity index (χ2v) is 10.4. The lowest BCUT2D eigenvalue weighted by Gasteiger charge is -2.34. The van der Waals surface area contributed by atoms with E-state index in [2.05, 4.69) is 25.4 Å². The minimum atomic E-state index is -0.646. The minimum Gasteiger partial charge on any atom is -0.493 e. The summed E-state index contributed by atoms with van der Waals surface area (Å²) in [6, 6.07) is 1.52. The van der Waals surface area contributed by atoms with Crippen LogP contribution < -0.4 is 15.0 Å². The molecule has 13 heteroatoms. The summed E-state index contributed by atoms with van der Waals surface area (Å²) >= 11 is 0. The highest BCUT2D eigenvalue weighted by Crippen LogP contribution is 2.32. The number of carbonyl (C=O) groups excluding carboxylic acids is 2. The molecule has 3 aromatic heterocycles. The van der Waals surface area contributed by atoms with Gasteiger partial charge in [-0.1, -0.05) is 0 Å². The molecule has 0 unspecified atom stereocenters. The fraction of sp³-hybridized carbons (Fsp3) is 0.520. The topological polar surface area (TPSA) is 127 Å². The van der Waals surface area contributed by atoms with E-state index >= 15 is 0 Å². The second-order valence-electron chi connectivity index (χ2n) is 10.4. The number of halogens is 1. The van der Waals surface area contributed by atoms with Crippen molar-refractivity contribution in [3.8, 4) is 17.1 Å². The van der Waals surface area contributed by atoms with Gasteiger partial charge < -0.3 is 19.7 Å². The highest BCUT2D eigenvalue weighted by molar-refractivity contribution is 5.95. The Hall–Kier alpha value is -4.03. The summed E-state index contributed by atoms with van der Waals surface area (Å²) < 4.78 is 27.4. The summed E-state index contributed by atoms with van der Waals surface area (Å²) in [5.41, 5.74) is 0.143. The molecule has 38 heavy (non-hydrogen) atoms. The first kappa shape index (κ1) is 25.6. The molecule has 1 N–H and O–H groups in total. The number of aromatic nitrogens is 5. The number of nitrogens with zero attached hydrogens (tertiary/aromatic N) is 7. The van der Waals surface area contributed by atoms with Crippen molar-refractivity contribution < 1.29 is 23.5 Å². The molecule has 0 bridgehead atoms. The number of carbonyl (C=O) groups is 2. The van der Waals surface area contributed by atoms with E-state index in [1.165, 1.54) is 17.8 Å². The van der Waals surface area contributed by atoms with Crippen molar-refractivity contribution in [1.82, 2.24) is 29.5 Å². The maximum absolute atomic E-state index is 15.0. The van der Waals surface area contributed by atoms with Gasteiger partial charge in [-0.3, -0.25) is 9.69 Å². The van der Waals surface area contributed by atoms with Gasteiger partial charge in [-0.05, 0) is 40.0 Å². The Morgan fingerprint density at radius 3 is 2.71 bits per heavy atom. The van der Waals surface area contributed by atoms with Crippen LogP contribution in [-0.2, 0) is 9.53 Å². The molecule has 0 spiro atoms. The number of hydrogen-bond acceptors (Lipinski definition) is 9. The van der Waals surface area contributed by atoms with Gasteiger partial charge in [-0.25, -0.2) is 28.7 Å². The molecular formula is C25H31FN8O4. The summed E-state index contributed by atoms with van der Waals surface area (Å²) in [6.07, 6.45) is 4.91. The first-order chi connectivity index (χ1) is 18.1. The predicted octanol–water partition coefficient (Wildman–Crippen LogP) is 3.27. The average molecular weight is 527 g/mol. The largest absolute Gasteiger partial charge is 0.493 e. The molecule has 0 radical (unpaired) electrons. The van der Waals surface area contributed by atoms with Crippen molar-refractivity contribution in [3.05, 3.63) is 24.3 Å². The van der Waals surface area contributed by atoms with E-state index in [1.807, 2.05) is 20.8 Å². The number of fused-ring (bicyclic) bond motifs is 1. The Kier molecular flexibility index (Phi) is 6.76. The lowest BCUT2D eigenvalue weighted by atomic mass is 10.1. The van der Waals surface area contributed by atoms with Gasteiger partial charge in [0.2, 0.25) is 11.9 Å². The van der Waals surface area contributed by atoms with Gasteiger partial charge in [-0.2, -0.15) is 0 Å². The first-order valence-corrected chi connectivity index (χ1v) is 12.6. The molecule has 3 aromatic rings. The highest BCUT2D eigenvalue weighted by atomic mass is 19.1. The quantitative estimate of drug-likeness (QED) is 0.533. The minimum absolute atomic E-state index is 0.00572. The molecule has 12 nitrogen and oxygen atoms in total. The zero-order chi connectivity index (χ0) is 27.0. The number of hydrogen-bond donors (Lipinski definition) is 1. The Labute approximate surface area is 219 Å². The normalized spacial score (nSPS) is 18.2. The van der Waals surface area contributed by atoms with Crippen LogP contribution in [0.5, 0.6) is 5.75 Å². The van der Waals surface area contributed by atoms with Gasteiger partial charge in [0, 0.05) is 38.2 Å². The van der Waals surface area contributed by atoms with Crippen LogP contribution in [0.15, 0.2) is 18.5 Å². The van der Waals surface area contributed by atoms with Crippen LogP contribution in [0.2, 0.25) is 0 Å². The number of amides is 2. The second kappa shape index (κ2) is 10.0. The van der Waals surface area contributed by atoms with Crippen LogP contribution in [-0.4, -0.2) is 79.9 Å². The summed E-state index contributed by atoms with van der Waals surface area (Å²) in [6.45, 7) is 7.02. The fourth-order valence-corrected chi connectivity index (χ4v) is 4.65. The van der Waals surface area contributed by atoms with Gasteiger partial charge in [0.25, 0.3) is 0 Å². The van der Waals surface area contributed by atoms with Crippen molar-refractivity contribution in [2.24, 2.45) is 0 Å². The van der Waals surface area contributed by atoms with Crippen LogP contribution >= 0.6 is 0 Å². The predicted molar refractivity (Wildman–Crippen MR) is 137 cm³/mol. The third kappa shape index (κ3) is 5.18. The average Bonchev–Trinajstić information content (AvgIpc) is 3.49. The molecule has 0 aliphatic carbocycles. The number of likely N-dealkylation sites (tertiary alicyclic amines) is 1. The lowest BCUT2D eigenvalue weighted by Crippen LogP contribution is -2.47. The number of anilines is 2. The summed E-state index contributed by atoms with van der Waals surface area (Å²) in [5.74, 6) is 0.273. The molecule has 5 heterocycles. The van der Waals surface area contributed by atoms with Crippen LogP contribution in [0.1, 0.15) is 46.5 Å². The van der Waals surface area contributed by atoms with Crippen LogP contribution in [0, 0.1) is 5.82 Å². The first-order valence-electron chi connectivity index (χ1n) is 12.6. The number of nitrogens with one attached hydrogen (secondary N) is 1. The van der Waals surface area contributed by atoms with E-state index in [-0.39, 0.29) is 29.7 Å². The van der Waals surface area contributed by atoms with Gasteiger partial charge in [0.15, 0.2) is 23.0 Å². The molecule has 2 fully saturated rings. The van der Waals surface area contributed by atoms with E-state index in [0.29, 0.717) is 49.0 Å². The lowest BCUT2D eigenvalue weighted by molar-refractivity contribution is -0.117. The van der Waals surface area contributed by atoms with Crippen molar-refractivity contribution in [1.29, 1.82) is 0 Å². The van der Waals surface area contributed by atoms with Crippen molar-refractivity contribution in [2.75, 3.05) is 37.0 Å². The molecule has 5 rings (SSSR count). The van der Waals surface area contributed by atoms with E-state index in [1.54, 1.807) is 15.9 Å². The van der Waals surface area contributed by atoms with E-state index < -0.39 is 11.4 Å². The summed E-state index contributed by atoms with van der Waals surface area (Å²) in [7, 11) is 1.50. The number of methoxy groups -OCH3 is 1. The van der Waals surface area contributed by atoms with Crippen molar-refractivity contribution in [3.63, 3.8) is 0 Å². The Bertz CT molecular complexity index is 1370. The smallest absolute Gasteiger partial charge is 0.410 e. The van der Waals surface area contributed by atoms with E-state index in [4.69, 9.17) is 9.47 Å². The van der Waals surface area contributed by atoms with E-state index in [0.717, 1.165) is 25.5 Å². The van der Waals surface area contributed by atoms with Gasteiger partial charge in [0.1, 0.15) is 17.0 Å². The summed E-state index contributed by atoms with van der Waals surface area (Å²) in [5, 5.41) is 7.81. The zero-order valence-electron chi connectivity index (χ0n) is 21.9. The van der Waals surface area contributed by atoms with Crippen LogP contribution in [0.4, 0.5) is 21.0 Å². The highest BCUT2D eigenvalue weighted by Gasteiger charge is 2.29. The number of piperidine rings is 1. The maximum Gasteiger partial charge on any atom is 0.410 e. The maximum atomic E-state index is 15.0. The Morgan fingerprint density at radius 1 is 1.18 bits per heavy atom. The standard InChI is InChI=1S/C25H31FN8O4/c1-25(2,3)38-24(36)32-9-5-7-15(14-32)29-23-28-12-16(26)21(30-23)17-13-27-19-11-18(37-4)22(31-34(17)19)33-10-6-8-20(33)35/h11-13,15H,5-10,14H2,1-4H3,(H,28,29,30)/t15-/m1/s1. The molecule has 2 saturated heterocycles. The van der Waals surface area contributed by atoms with Crippen molar-refractivity contribution in [2.45, 2.75) is 58.1 Å². The number of ether oxygens (including phenoxy) is 2. The molecule has 2 aliphatic heterocycles. The molecule has 1 atom stereocenters. The van der Waals surface area contributed by atoms with E-state index in [9.17, 15) is 14.0 Å². The molecule has 0 saturated carbocycles. The van der Waals surface area contributed by atoms with Crippen molar-refractivity contribution >= 4 is 29.4 Å². The van der Waals surface area contributed by atoms with Crippen LogP contribution in [0.3, 0.4) is 0 Å². The molecule has 0 aromatic carbocycles. The van der Waals surface area contributed by atoms with Crippen LogP contribution in [0.25, 0.3) is 17.0 Å². The van der Waals surface area contributed by atoms with Gasteiger partial charge in [-0.15, -0.1) is 5.10 Å². The third-order valence-electron chi connectivity index (χ3n) is 6.38. The third-order valence-corrected chi connectivity index (χ3v) is 6.38. The molecule has 2 amide bonds. The zero-order valence-corrected chi connectivity index (χ0v) is 21.9. The van der Waals surface area contributed by atoms with Gasteiger partial charge >= 0.3 is 6.09 Å². The number of imidazole rings is 1.